The topological polar surface area (TPSA) is 59.8 Å². The molecule has 0 bridgehead atoms. The minimum absolute atomic E-state index is 0.331. The van der Waals surface area contributed by atoms with E-state index in [1.807, 2.05) is 37.6 Å². The van der Waals surface area contributed by atoms with E-state index in [1.165, 1.54) is 5.69 Å². The first-order valence-electron chi connectivity index (χ1n) is 8.26. The van der Waals surface area contributed by atoms with E-state index >= 15 is 0 Å². The Labute approximate surface area is 142 Å². The molecule has 130 valence electrons. The van der Waals surface area contributed by atoms with E-state index in [0.29, 0.717) is 19.8 Å². The summed E-state index contributed by atoms with van der Waals surface area (Å²) < 4.78 is 12.8. The van der Waals surface area contributed by atoms with Gasteiger partial charge in [-0.25, -0.2) is 4.98 Å². The zero-order chi connectivity index (χ0) is 16.9. The summed E-state index contributed by atoms with van der Waals surface area (Å²) >= 11 is 0. The van der Waals surface area contributed by atoms with Crippen molar-refractivity contribution < 1.29 is 14.6 Å². The van der Waals surface area contributed by atoms with Crippen molar-refractivity contribution in [2.45, 2.75) is 25.7 Å². The fourth-order valence-corrected chi connectivity index (χ4v) is 3.05. The molecule has 24 heavy (non-hydrogen) atoms. The van der Waals surface area contributed by atoms with Crippen molar-refractivity contribution >= 4 is 0 Å². The second-order valence-corrected chi connectivity index (χ2v) is 6.25. The van der Waals surface area contributed by atoms with E-state index in [1.54, 1.807) is 7.11 Å². The number of fused-ring (bicyclic) bond motifs is 1. The molecule has 0 spiro atoms. The molecule has 1 aromatic heterocycles. The highest BCUT2D eigenvalue weighted by molar-refractivity contribution is 5.26. The van der Waals surface area contributed by atoms with Crippen LogP contribution in [0.3, 0.4) is 0 Å². The van der Waals surface area contributed by atoms with E-state index in [2.05, 4.69) is 14.5 Å². The van der Waals surface area contributed by atoms with Crippen molar-refractivity contribution in [2.75, 3.05) is 26.8 Å². The van der Waals surface area contributed by atoms with Gasteiger partial charge in [-0.15, -0.1) is 0 Å². The monoisotopic (exact) mass is 331 g/mol. The zero-order valence-electron chi connectivity index (χ0n) is 14.3. The minimum Gasteiger partial charge on any atom is -0.497 e. The zero-order valence-corrected chi connectivity index (χ0v) is 14.3. The van der Waals surface area contributed by atoms with Crippen molar-refractivity contribution in [1.82, 2.24) is 14.5 Å². The van der Waals surface area contributed by atoms with Gasteiger partial charge >= 0.3 is 0 Å². The van der Waals surface area contributed by atoms with E-state index in [4.69, 9.17) is 9.47 Å². The van der Waals surface area contributed by atoms with E-state index in [-0.39, 0.29) is 0 Å². The number of aliphatic hydroxyl groups is 1. The van der Waals surface area contributed by atoms with Crippen LogP contribution in [-0.4, -0.2) is 52.5 Å². The number of rotatable bonds is 7. The molecule has 0 amide bonds. The maximum atomic E-state index is 10.2. The lowest BCUT2D eigenvalue weighted by Gasteiger charge is -2.28. The number of ether oxygens (including phenoxy) is 2. The third-order valence-electron chi connectivity index (χ3n) is 4.39. The molecule has 6 heteroatoms. The molecule has 6 nitrogen and oxygen atoms in total. The number of benzene rings is 1. The first-order valence-corrected chi connectivity index (χ1v) is 8.26. The number of methoxy groups -OCH3 is 1. The van der Waals surface area contributed by atoms with Crippen LogP contribution in [0.25, 0.3) is 0 Å². The van der Waals surface area contributed by atoms with Crippen molar-refractivity contribution in [1.29, 1.82) is 0 Å². The average molecular weight is 331 g/mol. The summed E-state index contributed by atoms with van der Waals surface area (Å²) in [5, 5.41) is 10.2. The number of hydrogen-bond donors (Lipinski definition) is 1. The molecule has 1 aliphatic heterocycles. The number of aliphatic hydroxyl groups excluding tert-OH is 1. The molecule has 1 aliphatic rings. The molecule has 3 rings (SSSR count). The van der Waals surface area contributed by atoms with Gasteiger partial charge in [0.05, 0.1) is 38.4 Å². The lowest BCUT2D eigenvalue weighted by atomic mass is 10.1. The molecule has 1 aromatic carbocycles. The Kier molecular flexibility index (Phi) is 5.50. The summed E-state index contributed by atoms with van der Waals surface area (Å²) in [6.07, 6.45) is 2.35. The molecule has 1 atom stereocenters. The highest BCUT2D eigenvalue weighted by Crippen LogP contribution is 2.17. The van der Waals surface area contributed by atoms with Crippen molar-refractivity contribution in [3.63, 3.8) is 0 Å². The van der Waals surface area contributed by atoms with Crippen LogP contribution < -0.4 is 4.74 Å². The molecule has 1 unspecified atom stereocenters. The third-order valence-corrected chi connectivity index (χ3v) is 4.39. The summed E-state index contributed by atoms with van der Waals surface area (Å²) in [5.74, 6) is 0.831. The molecule has 0 fully saturated rings. The molecule has 2 heterocycles. The van der Waals surface area contributed by atoms with Crippen LogP contribution in [0, 0.1) is 0 Å². The highest BCUT2D eigenvalue weighted by Gasteiger charge is 2.21. The van der Waals surface area contributed by atoms with E-state index in [0.717, 1.165) is 36.5 Å². The summed E-state index contributed by atoms with van der Waals surface area (Å²) in [5.41, 5.74) is 3.49. The molecule has 0 aliphatic carbocycles. The van der Waals surface area contributed by atoms with Crippen LogP contribution >= 0.6 is 0 Å². The molecule has 0 saturated heterocycles. The Morgan fingerprint density at radius 1 is 1.29 bits per heavy atom. The quantitative estimate of drug-likeness (QED) is 0.830. The maximum absolute atomic E-state index is 10.2. The Balaban J connectivity index is 1.40. The van der Waals surface area contributed by atoms with Gasteiger partial charge in [0.15, 0.2) is 0 Å². The largest absolute Gasteiger partial charge is 0.497 e. The standard InChI is InChI=1S/C18H25N3O3/c1-20-13-19-17-10-21(8-7-18(17)20)9-15(22)12-24-11-14-3-5-16(23-2)6-4-14/h3-6,13,15,22H,7-12H2,1-2H3. The summed E-state index contributed by atoms with van der Waals surface area (Å²) in [6.45, 7) is 3.18. The molecule has 0 saturated carbocycles. The van der Waals surface area contributed by atoms with E-state index < -0.39 is 6.10 Å². The lowest BCUT2D eigenvalue weighted by molar-refractivity contribution is 0.00743. The number of nitrogens with zero attached hydrogens (tertiary/aromatic N) is 3. The minimum atomic E-state index is -0.492. The number of aromatic nitrogens is 2. The van der Waals surface area contributed by atoms with Gasteiger partial charge in [0.25, 0.3) is 0 Å². The fourth-order valence-electron chi connectivity index (χ4n) is 3.05. The number of β-amino-alcohol motifs (C(OH)–C–C–N with tert-alkyl or cyclic N) is 1. The smallest absolute Gasteiger partial charge is 0.118 e. The van der Waals surface area contributed by atoms with Crippen molar-refractivity contribution in [3.05, 3.63) is 47.5 Å². The second-order valence-electron chi connectivity index (χ2n) is 6.25. The molecule has 2 aromatic rings. The fraction of sp³-hybridized carbons (Fsp3) is 0.500. The summed E-state index contributed by atoms with van der Waals surface area (Å²) in [4.78, 5) is 6.66. The van der Waals surface area contributed by atoms with Crippen LogP contribution in [0.1, 0.15) is 17.0 Å². The van der Waals surface area contributed by atoms with Gasteiger partial charge < -0.3 is 19.1 Å². The predicted molar refractivity (Wildman–Crippen MR) is 90.8 cm³/mol. The van der Waals surface area contributed by atoms with Gasteiger partial charge in [0, 0.05) is 38.8 Å². The van der Waals surface area contributed by atoms with Crippen LogP contribution in [0.5, 0.6) is 5.75 Å². The predicted octanol–water partition coefficient (Wildman–Crippen LogP) is 1.36. The van der Waals surface area contributed by atoms with Crippen LogP contribution in [0.15, 0.2) is 30.6 Å². The highest BCUT2D eigenvalue weighted by atomic mass is 16.5. The Morgan fingerprint density at radius 2 is 2.08 bits per heavy atom. The normalized spacial score (nSPS) is 16.0. The Morgan fingerprint density at radius 3 is 2.83 bits per heavy atom. The van der Waals surface area contributed by atoms with Crippen LogP contribution in [0.4, 0.5) is 0 Å². The van der Waals surface area contributed by atoms with Crippen LogP contribution in [0.2, 0.25) is 0 Å². The average Bonchev–Trinajstić information content (AvgIpc) is 2.96. The number of hydrogen-bond acceptors (Lipinski definition) is 5. The third kappa shape index (κ3) is 4.14. The number of imidazole rings is 1. The van der Waals surface area contributed by atoms with Gasteiger partial charge in [-0.2, -0.15) is 0 Å². The van der Waals surface area contributed by atoms with Gasteiger partial charge in [-0.1, -0.05) is 12.1 Å². The first kappa shape index (κ1) is 17.0. The summed E-state index contributed by atoms with van der Waals surface area (Å²) in [6, 6.07) is 7.76. The van der Waals surface area contributed by atoms with Crippen molar-refractivity contribution in [2.24, 2.45) is 7.05 Å². The van der Waals surface area contributed by atoms with E-state index in [9.17, 15) is 5.11 Å². The molecular formula is C18H25N3O3. The SMILES string of the molecule is COc1ccc(COCC(O)CN2CCc3c(ncn3C)C2)cc1. The van der Waals surface area contributed by atoms with Gasteiger partial charge in [-0.05, 0) is 17.7 Å². The van der Waals surface area contributed by atoms with Crippen LogP contribution in [-0.2, 0) is 31.4 Å². The second kappa shape index (κ2) is 7.79. The number of aryl methyl sites for hydroxylation is 1. The van der Waals surface area contributed by atoms with Gasteiger partial charge in [-0.3, -0.25) is 4.90 Å². The first-order chi connectivity index (χ1) is 11.7. The molecule has 1 N–H and O–H groups in total. The van der Waals surface area contributed by atoms with Gasteiger partial charge in [0.1, 0.15) is 5.75 Å². The molecular weight excluding hydrogens is 306 g/mol. The Hall–Kier alpha value is -1.89. The van der Waals surface area contributed by atoms with Crippen molar-refractivity contribution in [3.8, 4) is 5.75 Å². The maximum Gasteiger partial charge on any atom is 0.118 e. The summed E-state index contributed by atoms with van der Waals surface area (Å²) in [7, 11) is 3.68. The lowest BCUT2D eigenvalue weighted by Crippen LogP contribution is -2.38. The molecule has 0 radical (unpaired) electrons. The van der Waals surface area contributed by atoms with Gasteiger partial charge in [0.2, 0.25) is 0 Å². The Bertz CT molecular complexity index is 654.